The number of hydrogen-bond acceptors (Lipinski definition) is 8. The minimum atomic E-state index is -0.195. The molecule has 44 heavy (non-hydrogen) atoms. The molecule has 0 radical (unpaired) electrons. The van der Waals surface area contributed by atoms with Crippen molar-refractivity contribution in [2.75, 3.05) is 38.1 Å². The van der Waals surface area contributed by atoms with Crippen molar-refractivity contribution < 1.29 is 19.5 Å². The summed E-state index contributed by atoms with van der Waals surface area (Å²) in [6, 6.07) is 15.7. The van der Waals surface area contributed by atoms with Crippen LogP contribution in [0.25, 0.3) is 0 Å². The highest BCUT2D eigenvalue weighted by Crippen LogP contribution is 2.48. The summed E-state index contributed by atoms with van der Waals surface area (Å²) < 4.78 is 0.973. The number of amides is 3. The van der Waals surface area contributed by atoms with E-state index in [2.05, 4.69) is 15.6 Å². The van der Waals surface area contributed by atoms with Gasteiger partial charge in [-0.25, -0.2) is 4.98 Å². The number of anilines is 1. The SMILES string of the molecule is CC(=O)N1CCN(C(=O)c2cccc(CSc3cnc(NC(=O)c4ccc(CN[C@H]5C6CCC(C6)[C@@H]5CO)cc4)s3)c2)CC1. The fraction of sp³-hybridized carbons (Fsp3) is 0.455. The van der Waals surface area contributed by atoms with Crippen LogP contribution < -0.4 is 10.6 Å². The standard InChI is InChI=1S/C33H39N5O4S2/c1-21(40)37-11-13-38(14-12-37)32(42)27-4-2-3-23(15-27)20-43-29-18-35-33(44-29)36-31(41)24-7-5-22(6-8-24)17-34-30-26-10-9-25(16-26)28(30)19-39/h2-8,15,18,25-26,28,30,34,39H,9-14,16-17,19-20H2,1H3,(H,35,36,41)/t25?,26?,28-,30-/m0/s1. The largest absolute Gasteiger partial charge is 0.396 e. The number of benzene rings is 2. The summed E-state index contributed by atoms with van der Waals surface area (Å²) in [5, 5.41) is 17.0. The Balaban J connectivity index is 0.969. The van der Waals surface area contributed by atoms with Crippen LogP contribution in [0.3, 0.4) is 0 Å². The molecule has 3 amide bonds. The lowest BCUT2D eigenvalue weighted by molar-refractivity contribution is -0.130. The van der Waals surface area contributed by atoms with Gasteiger partial charge in [0.2, 0.25) is 5.91 Å². The predicted octanol–water partition coefficient (Wildman–Crippen LogP) is 4.49. The molecule has 1 aromatic heterocycles. The molecule has 2 aliphatic carbocycles. The molecule has 2 aromatic carbocycles. The molecule has 11 heteroatoms. The molecule has 2 heterocycles. The van der Waals surface area contributed by atoms with Crippen molar-refractivity contribution in [3.05, 3.63) is 77.0 Å². The van der Waals surface area contributed by atoms with Crippen molar-refractivity contribution in [1.82, 2.24) is 20.1 Å². The van der Waals surface area contributed by atoms with Gasteiger partial charge in [0, 0.05) is 75.1 Å². The number of rotatable bonds is 10. The van der Waals surface area contributed by atoms with E-state index in [4.69, 9.17) is 0 Å². The van der Waals surface area contributed by atoms with E-state index in [-0.39, 0.29) is 24.3 Å². The quantitative estimate of drug-likeness (QED) is 0.282. The minimum Gasteiger partial charge on any atom is -0.396 e. The van der Waals surface area contributed by atoms with Gasteiger partial charge in [-0.2, -0.15) is 0 Å². The van der Waals surface area contributed by atoms with E-state index in [1.54, 1.807) is 34.7 Å². The Morgan fingerprint density at radius 3 is 2.48 bits per heavy atom. The second kappa shape index (κ2) is 13.8. The topological polar surface area (TPSA) is 115 Å². The number of aliphatic hydroxyl groups is 1. The maximum atomic E-state index is 13.0. The molecule has 2 saturated carbocycles. The van der Waals surface area contributed by atoms with Gasteiger partial charge in [-0.3, -0.25) is 19.7 Å². The summed E-state index contributed by atoms with van der Waals surface area (Å²) >= 11 is 3.04. The van der Waals surface area contributed by atoms with Crippen LogP contribution in [0.4, 0.5) is 5.13 Å². The molecule has 1 aliphatic heterocycles. The third-order valence-corrected chi connectivity index (χ3v) is 11.5. The number of carbonyl (C=O) groups excluding carboxylic acids is 3. The summed E-state index contributed by atoms with van der Waals surface area (Å²) in [4.78, 5) is 45.5. The molecular weight excluding hydrogens is 595 g/mol. The molecule has 3 aromatic rings. The highest BCUT2D eigenvalue weighted by atomic mass is 32.2. The zero-order valence-corrected chi connectivity index (χ0v) is 26.5. The van der Waals surface area contributed by atoms with Crippen molar-refractivity contribution in [3.63, 3.8) is 0 Å². The number of nitrogens with one attached hydrogen (secondary N) is 2. The molecule has 6 rings (SSSR count). The number of nitrogens with zero attached hydrogens (tertiary/aromatic N) is 3. The van der Waals surface area contributed by atoms with Crippen molar-refractivity contribution >= 4 is 46.0 Å². The Hall–Kier alpha value is -3.25. The molecule has 0 spiro atoms. The second-order valence-corrected chi connectivity index (χ2v) is 14.3. The van der Waals surface area contributed by atoms with E-state index in [0.29, 0.717) is 72.0 Å². The second-order valence-electron chi connectivity index (χ2n) is 12.0. The van der Waals surface area contributed by atoms with Crippen LogP contribution in [0, 0.1) is 17.8 Å². The van der Waals surface area contributed by atoms with Crippen LogP contribution in [-0.2, 0) is 17.1 Å². The lowest BCUT2D eigenvalue weighted by Crippen LogP contribution is -2.50. The summed E-state index contributed by atoms with van der Waals surface area (Å²) in [5.41, 5.74) is 3.38. The van der Waals surface area contributed by atoms with E-state index in [1.807, 2.05) is 48.5 Å². The molecule has 4 atom stereocenters. The first-order valence-corrected chi connectivity index (χ1v) is 17.1. The lowest BCUT2D eigenvalue weighted by atomic mass is 9.85. The average Bonchev–Trinajstić information content (AvgIpc) is 3.80. The predicted molar refractivity (Wildman–Crippen MR) is 173 cm³/mol. The van der Waals surface area contributed by atoms with Gasteiger partial charge < -0.3 is 20.2 Å². The molecule has 1 saturated heterocycles. The average molecular weight is 634 g/mol. The van der Waals surface area contributed by atoms with E-state index in [1.165, 1.54) is 30.6 Å². The summed E-state index contributed by atoms with van der Waals surface area (Å²) in [5.74, 6) is 2.20. The highest BCUT2D eigenvalue weighted by molar-refractivity contribution is 8.00. The number of fused-ring (bicyclic) bond motifs is 2. The first kappa shape index (κ1) is 30.8. The van der Waals surface area contributed by atoms with Crippen molar-refractivity contribution in [1.29, 1.82) is 0 Å². The van der Waals surface area contributed by atoms with Crippen LogP contribution in [-0.4, -0.2) is 76.4 Å². The van der Waals surface area contributed by atoms with Crippen LogP contribution in [0.15, 0.2) is 58.9 Å². The van der Waals surface area contributed by atoms with Gasteiger partial charge >= 0.3 is 0 Å². The molecule has 2 bridgehead atoms. The summed E-state index contributed by atoms with van der Waals surface area (Å²) in [6.07, 6.45) is 5.50. The van der Waals surface area contributed by atoms with Crippen LogP contribution in [0.2, 0.25) is 0 Å². The van der Waals surface area contributed by atoms with Gasteiger partial charge in [0.15, 0.2) is 5.13 Å². The van der Waals surface area contributed by atoms with Gasteiger partial charge in [-0.1, -0.05) is 35.6 Å². The Kier molecular flexibility index (Phi) is 9.65. The monoisotopic (exact) mass is 633 g/mol. The van der Waals surface area contributed by atoms with Gasteiger partial charge in [0.05, 0.1) is 10.4 Å². The van der Waals surface area contributed by atoms with Crippen molar-refractivity contribution in [2.45, 2.75) is 48.7 Å². The first-order chi connectivity index (χ1) is 21.4. The number of thioether (sulfide) groups is 1. The maximum absolute atomic E-state index is 13.0. The van der Waals surface area contributed by atoms with Gasteiger partial charge in [-0.05, 0) is 66.5 Å². The van der Waals surface area contributed by atoms with E-state index in [9.17, 15) is 19.5 Å². The van der Waals surface area contributed by atoms with Crippen LogP contribution in [0.5, 0.6) is 0 Å². The molecule has 232 valence electrons. The zero-order valence-electron chi connectivity index (χ0n) is 24.9. The van der Waals surface area contributed by atoms with Crippen molar-refractivity contribution in [2.24, 2.45) is 17.8 Å². The molecule has 2 unspecified atom stereocenters. The Morgan fingerprint density at radius 2 is 1.73 bits per heavy atom. The van der Waals surface area contributed by atoms with E-state index >= 15 is 0 Å². The Bertz CT molecular complexity index is 1490. The molecular formula is C33H39N5O4S2. The molecule has 3 N–H and O–H groups in total. The van der Waals surface area contributed by atoms with Crippen LogP contribution in [0.1, 0.15) is 58.0 Å². The lowest BCUT2D eigenvalue weighted by Gasteiger charge is -2.34. The number of carbonyl (C=O) groups is 3. The van der Waals surface area contributed by atoms with E-state index < -0.39 is 0 Å². The third kappa shape index (κ3) is 7.01. The molecule has 3 aliphatic rings. The van der Waals surface area contributed by atoms with Gasteiger partial charge in [0.25, 0.3) is 11.8 Å². The van der Waals surface area contributed by atoms with Gasteiger partial charge in [-0.15, -0.1) is 11.8 Å². The number of thiazole rings is 1. The number of hydrogen-bond donors (Lipinski definition) is 3. The molecule has 3 fully saturated rings. The maximum Gasteiger partial charge on any atom is 0.257 e. The number of aliphatic hydroxyl groups excluding tert-OH is 1. The Labute approximate surface area is 266 Å². The summed E-state index contributed by atoms with van der Waals surface area (Å²) in [7, 11) is 0. The van der Waals surface area contributed by atoms with Crippen molar-refractivity contribution in [3.8, 4) is 0 Å². The Morgan fingerprint density at radius 1 is 0.977 bits per heavy atom. The van der Waals surface area contributed by atoms with Crippen LogP contribution >= 0.6 is 23.1 Å². The number of aromatic nitrogens is 1. The fourth-order valence-corrected chi connectivity index (χ4v) is 8.72. The van der Waals surface area contributed by atoms with Gasteiger partial charge in [0.1, 0.15) is 0 Å². The minimum absolute atomic E-state index is 0.0110. The third-order valence-electron chi connectivity index (χ3n) is 9.33. The van der Waals surface area contributed by atoms with E-state index in [0.717, 1.165) is 21.9 Å². The molecule has 9 nitrogen and oxygen atoms in total. The smallest absolute Gasteiger partial charge is 0.257 e. The first-order valence-electron chi connectivity index (χ1n) is 15.3. The number of piperazine rings is 1. The zero-order chi connectivity index (χ0) is 30.6. The normalized spacial score (nSPS) is 22.8. The highest BCUT2D eigenvalue weighted by Gasteiger charge is 2.46. The summed E-state index contributed by atoms with van der Waals surface area (Å²) in [6.45, 7) is 4.77. The fourth-order valence-electron chi connectivity index (χ4n) is 6.91.